The number of benzene rings is 1. The standard InChI is InChI=1S/C7HClN4O9/c8-7(13)2-1-3(9(14)15)5(11(18)19)6(12(20)21)4(2)10(16)17/h1H. The Morgan fingerprint density at radius 2 is 1.24 bits per heavy atom. The molecule has 1 aromatic rings. The van der Waals surface area contributed by atoms with Crippen LogP contribution < -0.4 is 0 Å². The molecule has 0 radical (unpaired) electrons. The molecule has 0 aliphatic carbocycles. The SMILES string of the molecule is O=C(Cl)c1cc([N+](=O)[O-])c([N+](=O)[O-])c([N+](=O)[O-])c1[N+](=O)[O-]. The van der Waals surface area contributed by atoms with Crippen molar-refractivity contribution >= 4 is 39.6 Å². The van der Waals surface area contributed by atoms with E-state index in [0.29, 0.717) is 0 Å². The van der Waals surface area contributed by atoms with Crippen molar-refractivity contribution in [3.63, 3.8) is 0 Å². The Kier molecular flexibility index (Phi) is 4.08. The number of nitro groups is 4. The maximum absolute atomic E-state index is 11.0. The number of hydrogen-bond donors (Lipinski definition) is 0. The third-order valence-electron chi connectivity index (χ3n) is 2.18. The van der Waals surface area contributed by atoms with E-state index in [2.05, 4.69) is 0 Å². The first-order valence-electron chi connectivity index (χ1n) is 4.58. The summed E-state index contributed by atoms with van der Waals surface area (Å²) in [5.41, 5.74) is -7.73. The van der Waals surface area contributed by atoms with Gasteiger partial charge in [-0.15, -0.1) is 0 Å². The highest BCUT2D eigenvalue weighted by Gasteiger charge is 2.47. The van der Waals surface area contributed by atoms with Crippen LogP contribution in [0.4, 0.5) is 22.7 Å². The van der Waals surface area contributed by atoms with Gasteiger partial charge in [0.25, 0.3) is 5.24 Å². The van der Waals surface area contributed by atoms with Gasteiger partial charge in [-0.1, -0.05) is 0 Å². The lowest BCUT2D eigenvalue weighted by Gasteiger charge is -2.01. The lowest BCUT2D eigenvalue weighted by Crippen LogP contribution is -2.09. The average Bonchev–Trinajstić information content (AvgIpc) is 2.34. The van der Waals surface area contributed by atoms with Gasteiger partial charge in [-0.25, -0.2) is 0 Å². The molecule has 14 heteroatoms. The summed E-state index contributed by atoms with van der Waals surface area (Å²) in [4.78, 5) is 48.2. The molecule has 0 aromatic heterocycles. The predicted octanol–water partition coefficient (Wildman–Crippen LogP) is 1.70. The van der Waals surface area contributed by atoms with Gasteiger partial charge in [0, 0.05) is 6.07 Å². The highest BCUT2D eigenvalue weighted by Crippen LogP contribution is 2.45. The molecular formula is C7HClN4O9. The second-order valence-corrected chi connectivity index (χ2v) is 3.63. The van der Waals surface area contributed by atoms with Gasteiger partial charge in [0.2, 0.25) is 0 Å². The number of nitrogens with zero attached hydrogens (tertiary/aromatic N) is 4. The van der Waals surface area contributed by atoms with Gasteiger partial charge in [0.1, 0.15) is 5.56 Å². The minimum Gasteiger partial charge on any atom is -0.275 e. The van der Waals surface area contributed by atoms with E-state index in [-0.39, 0.29) is 6.07 Å². The second kappa shape index (κ2) is 5.41. The van der Waals surface area contributed by atoms with E-state index in [4.69, 9.17) is 11.6 Å². The van der Waals surface area contributed by atoms with Gasteiger partial charge in [0.15, 0.2) is 0 Å². The Hall–Kier alpha value is -3.22. The summed E-state index contributed by atoms with van der Waals surface area (Å²) >= 11 is 4.98. The van der Waals surface area contributed by atoms with Crippen molar-refractivity contribution in [2.24, 2.45) is 0 Å². The Morgan fingerprint density at radius 1 is 0.810 bits per heavy atom. The fourth-order valence-electron chi connectivity index (χ4n) is 1.46. The van der Waals surface area contributed by atoms with Crippen LogP contribution in [0.25, 0.3) is 0 Å². The first-order valence-corrected chi connectivity index (χ1v) is 4.95. The summed E-state index contributed by atoms with van der Waals surface area (Å²) in [6.45, 7) is 0. The molecule has 110 valence electrons. The lowest BCUT2D eigenvalue weighted by atomic mass is 10.1. The molecule has 0 aliphatic rings. The van der Waals surface area contributed by atoms with E-state index >= 15 is 0 Å². The summed E-state index contributed by atoms with van der Waals surface area (Å²) in [5, 5.41) is 41.5. The Balaban J connectivity index is 4.13. The molecule has 0 unspecified atom stereocenters. The maximum Gasteiger partial charge on any atom is 0.430 e. The van der Waals surface area contributed by atoms with E-state index in [1.807, 2.05) is 0 Å². The van der Waals surface area contributed by atoms with Crippen molar-refractivity contribution in [1.82, 2.24) is 0 Å². The molecule has 0 fully saturated rings. The van der Waals surface area contributed by atoms with Gasteiger partial charge >= 0.3 is 22.7 Å². The monoisotopic (exact) mass is 320 g/mol. The van der Waals surface area contributed by atoms with Crippen LogP contribution in [0.5, 0.6) is 0 Å². The number of rotatable bonds is 5. The zero-order chi connectivity index (χ0) is 16.5. The highest BCUT2D eigenvalue weighted by atomic mass is 35.5. The topological polar surface area (TPSA) is 190 Å². The fourth-order valence-corrected chi connectivity index (χ4v) is 1.61. The van der Waals surface area contributed by atoms with Crippen molar-refractivity contribution in [2.75, 3.05) is 0 Å². The molecule has 1 aromatic carbocycles. The smallest absolute Gasteiger partial charge is 0.275 e. The number of halogens is 1. The third-order valence-corrected chi connectivity index (χ3v) is 2.39. The number of nitro benzene ring substituents is 4. The molecule has 0 saturated carbocycles. The molecule has 1 rings (SSSR count). The van der Waals surface area contributed by atoms with Gasteiger partial charge in [0.05, 0.1) is 19.7 Å². The molecule has 0 aliphatic heterocycles. The molecule has 0 heterocycles. The maximum atomic E-state index is 11.0. The Labute approximate surface area is 117 Å². The fraction of sp³-hybridized carbons (Fsp3) is 0. The second-order valence-electron chi connectivity index (χ2n) is 3.29. The molecule has 0 spiro atoms. The number of carbonyl (C=O) groups is 1. The Morgan fingerprint density at radius 3 is 1.52 bits per heavy atom. The summed E-state index contributed by atoms with van der Waals surface area (Å²) in [6.07, 6.45) is 0. The predicted molar refractivity (Wildman–Crippen MR) is 63.2 cm³/mol. The van der Waals surface area contributed by atoms with Gasteiger partial charge in [-0.05, 0) is 11.6 Å². The van der Waals surface area contributed by atoms with Crippen LogP contribution in [0.3, 0.4) is 0 Å². The van der Waals surface area contributed by atoms with E-state index in [1.54, 1.807) is 0 Å². The first kappa shape index (κ1) is 15.8. The summed E-state index contributed by atoms with van der Waals surface area (Å²) in [7, 11) is 0. The van der Waals surface area contributed by atoms with Gasteiger partial charge < -0.3 is 0 Å². The van der Waals surface area contributed by atoms with Crippen molar-refractivity contribution in [3.8, 4) is 0 Å². The summed E-state index contributed by atoms with van der Waals surface area (Å²) in [5.74, 6) is 0. The molecule has 21 heavy (non-hydrogen) atoms. The van der Waals surface area contributed by atoms with Gasteiger partial charge in [-0.2, -0.15) is 0 Å². The quantitative estimate of drug-likeness (QED) is 0.441. The van der Waals surface area contributed by atoms with Crippen LogP contribution in [0.1, 0.15) is 10.4 Å². The van der Waals surface area contributed by atoms with Crippen molar-refractivity contribution in [1.29, 1.82) is 0 Å². The molecule has 0 amide bonds. The minimum absolute atomic E-state index is 0.151. The molecule has 0 atom stereocenters. The molecule has 0 bridgehead atoms. The van der Waals surface area contributed by atoms with Crippen LogP contribution in [-0.2, 0) is 0 Å². The number of carbonyl (C=O) groups excluding carboxylic acids is 1. The average molecular weight is 321 g/mol. The minimum atomic E-state index is -1.79. The molecule has 0 N–H and O–H groups in total. The van der Waals surface area contributed by atoms with E-state index in [9.17, 15) is 45.3 Å². The van der Waals surface area contributed by atoms with Crippen LogP contribution in [0, 0.1) is 40.5 Å². The zero-order valence-electron chi connectivity index (χ0n) is 9.42. The number of hydrogen-bond acceptors (Lipinski definition) is 9. The van der Waals surface area contributed by atoms with Crippen molar-refractivity contribution < 1.29 is 24.5 Å². The molecule has 0 saturated heterocycles. The van der Waals surface area contributed by atoms with Crippen LogP contribution in [-0.4, -0.2) is 24.9 Å². The highest BCUT2D eigenvalue weighted by molar-refractivity contribution is 6.68. The van der Waals surface area contributed by atoms with Crippen molar-refractivity contribution in [3.05, 3.63) is 52.1 Å². The van der Waals surface area contributed by atoms with E-state index in [1.165, 1.54) is 0 Å². The molecule has 13 nitrogen and oxygen atoms in total. The third kappa shape index (κ3) is 2.71. The van der Waals surface area contributed by atoms with Crippen LogP contribution in [0.15, 0.2) is 6.07 Å². The lowest BCUT2D eigenvalue weighted by molar-refractivity contribution is -0.451. The normalized spacial score (nSPS) is 9.95. The first-order chi connectivity index (χ1) is 9.59. The Bertz CT molecular complexity index is 664. The molecular weight excluding hydrogens is 320 g/mol. The summed E-state index contributed by atoms with van der Waals surface area (Å²) in [6, 6.07) is 0.151. The largest absolute Gasteiger partial charge is 0.430 e. The van der Waals surface area contributed by atoms with Crippen LogP contribution in [0.2, 0.25) is 0 Å². The van der Waals surface area contributed by atoms with E-state index in [0.717, 1.165) is 0 Å². The van der Waals surface area contributed by atoms with Crippen LogP contribution >= 0.6 is 11.6 Å². The summed E-state index contributed by atoms with van der Waals surface area (Å²) < 4.78 is 0. The zero-order valence-corrected chi connectivity index (χ0v) is 10.2. The van der Waals surface area contributed by atoms with Crippen molar-refractivity contribution in [2.45, 2.75) is 0 Å². The van der Waals surface area contributed by atoms with E-state index < -0.39 is 53.2 Å². The van der Waals surface area contributed by atoms with Gasteiger partial charge in [-0.3, -0.25) is 45.3 Å².